The molecular weight excluding hydrogens is 456 g/mol. The third-order valence-electron chi connectivity index (χ3n) is 6.13. The molecule has 1 fully saturated rings. The van der Waals surface area contributed by atoms with Crippen LogP contribution in [0.25, 0.3) is 11.3 Å². The minimum Gasteiger partial charge on any atom is -0.363 e. The number of hydrogen-bond donors (Lipinski definition) is 2. The van der Waals surface area contributed by atoms with Crippen LogP contribution in [0, 0.1) is 5.92 Å². The number of carbonyl (C=O) groups is 2. The van der Waals surface area contributed by atoms with E-state index in [0.29, 0.717) is 27.8 Å². The summed E-state index contributed by atoms with van der Waals surface area (Å²) in [6, 6.07) is 1.36. The summed E-state index contributed by atoms with van der Waals surface area (Å²) in [5.41, 5.74) is 3.00. The van der Waals surface area contributed by atoms with E-state index >= 15 is 0 Å². The molecule has 0 spiro atoms. The van der Waals surface area contributed by atoms with Gasteiger partial charge in [-0.25, -0.2) is 9.97 Å². The number of nitrogens with zero attached hydrogens (tertiary/aromatic N) is 6. The minimum atomic E-state index is -2.46. The number of anilines is 4. The fourth-order valence-corrected chi connectivity index (χ4v) is 4.27. The van der Waals surface area contributed by atoms with Crippen LogP contribution >= 0.6 is 11.6 Å². The second kappa shape index (κ2) is 8.35. The van der Waals surface area contributed by atoms with Crippen molar-refractivity contribution in [2.45, 2.75) is 39.1 Å². The van der Waals surface area contributed by atoms with Crippen molar-refractivity contribution in [3.05, 3.63) is 34.7 Å². The molecule has 3 aromatic heterocycles. The predicted octanol–water partition coefficient (Wildman–Crippen LogP) is 4.12. The Balaban J connectivity index is 1.59. The lowest BCUT2D eigenvalue weighted by molar-refractivity contribution is -0.117. The zero-order valence-electron chi connectivity index (χ0n) is 21.9. The van der Waals surface area contributed by atoms with Gasteiger partial charge < -0.3 is 15.5 Å². The number of amides is 1. The maximum absolute atomic E-state index is 12.9. The number of fused-ring (bicyclic) bond motifs is 3. The summed E-state index contributed by atoms with van der Waals surface area (Å²) >= 11 is 6.57. The third kappa shape index (κ3) is 3.77. The number of aryl methyl sites for hydroxylation is 1. The van der Waals surface area contributed by atoms with Gasteiger partial charge in [-0.15, -0.1) is 0 Å². The van der Waals surface area contributed by atoms with Gasteiger partial charge >= 0.3 is 0 Å². The Labute approximate surface area is 205 Å². The maximum atomic E-state index is 12.9. The first kappa shape index (κ1) is 18.8. The Hall–Kier alpha value is -3.53. The van der Waals surface area contributed by atoms with E-state index in [-0.39, 0.29) is 34.9 Å². The monoisotopic (exact) mass is 483 g/mol. The zero-order valence-corrected chi connectivity index (χ0v) is 19.6. The number of nitrogens with one attached hydrogen (secondary N) is 2. The summed E-state index contributed by atoms with van der Waals surface area (Å²) in [5.74, 6) is -0.192. The lowest BCUT2D eigenvalue weighted by atomic mass is 9.98. The highest BCUT2D eigenvalue weighted by Gasteiger charge is 2.35. The Kier molecular flexibility index (Phi) is 4.63. The van der Waals surface area contributed by atoms with Gasteiger partial charge in [-0.3, -0.25) is 9.59 Å². The largest absolute Gasteiger partial charge is 0.363 e. The molecule has 4 heterocycles. The summed E-state index contributed by atoms with van der Waals surface area (Å²) in [6.07, 6.45) is 3.73. The zero-order chi connectivity index (χ0) is 26.6. The molecule has 1 atom stereocenters. The number of hydrogen-bond acceptors (Lipinski definition) is 8. The molecule has 1 saturated carbocycles. The smallest absolute Gasteiger partial charge is 0.228 e. The Morgan fingerprint density at radius 2 is 2.03 bits per heavy atom. The van der Waals surface area contributed by atoms with Gasteiger partial charge in [-0.1, -0.05) is 18.5 Å². The van der Waals surface area contributed by atoms with Crippen LogP contribution in [0.15, 0.2) is 18.5 Å². The number of pyridine rings is 2. The first-order valence-corrected chi connectivity index (χ1v) is 11.2. The van der Waals surface area contributed by atoms with Crippen LogP contribution in [0.5, 0.6) is 0 Å². The fourth-order valence-electron chi connectivity index (χ4n) is 4.04. The van der Waals surface area contributed by atoms with Gasteiger partial charge in [0.1, 0.15) is 17.2 Å². The average molecular weight is 484 g/mol. The van der Waals surface area contributed by atoms with E-state index in [0.717, 1.165) is 18.5 Å². The van der Waals surface area contributed by atoms with E-state index in [1.54, 1.807) is 7.05 Å². The van der Waals surface area contributed by atoms with Crippen molar-refractivity contribution in [1.82, 2.24) is 25.0 Å². The molecule has 10 nitrogen and oxygen atoms in total. The first-order chi connectivity index (χ1) is 17.4. The van der Waals surface area contributed by atoms with Crippen LogP contribution in [-0.2, 0) is 11.8 Å². The van der Waals surface area contributed by atoms with Gasteiger partial charge in [-0.2, -0.15) is 15.0 Å². The molecule has 0 aromatic carbocycles. The van der Waals surface area contributed by atoms with Crippen molar-refractivity contribution in [3.63, 3.8) is 0 Å². The highest BCUT2D eigenvalue weighted by molar-refractivity contribution is 6.34. The summed E-state index contributed by atoms with van der Waals surface area (Å²) < 4.78 is 22.6. The van der Waals surface area contributed by atoms with Crippen molar-refractivity contribution in [2.75, 3.05) is 22.6 Å². The summed E-state index contributed by atoms with van der Waals surface area (Å²) in [6.45, 7) is -0.479. The van der Waals surface area contributed by atoms with Gasteiger partial charge in [-0.05, 0) is 19.8 Å². The van der Waals surface area contributed by atoms with Crippen molar-refractivity contribution in [3.8, 4) is 11.3 Å². The van der Waals surface area contributed by atoms with Crippen molar-refractivity contribution in [1.29, 1.82) is 0 Å². The average Bonchev–Trinajstić information content (AvgIpc) is 3.59. The number of carbonyl (C=O) groups excluding carboxylic acids is 2. The molecule has 3 aromatic rings. The van der Waals surface area contributed by atoms with Crippen molar-refractivity contribution >= 4 is 46.3 Å². The SMILES string of the molecule is [2H]C([2H])([2H])CC(=O)c1cnc(NC(=O)C2CC2)cc1Nc1ncc(Cl)c2c1N(C)[C@H](C)c1nn(C)nc1-2. The molecule has 2 N–H and O–H groups in total. The van der Waals surface area contributed by atoms with Gasteiger partial charge in [0, 0.05) is 49.0 Å². The van der Waals surface area contributed by atoms with E-state index in [1.807, 2.05) is 18.9 Å². The standard InChI is InChI=1S/C23H25ClN8O2/c1-5-16(33)13-9-25-17(28-23(34)12-6-7-12)8-15(13)27-22-21-18(14(24)10-26-22)20-19(11(2)31(21)3)29-32(4)30-20/h8-12H,5-7H2,1-4H3,(H2,25,26,27,28,34)/t11-/m1/s1/i1D3. The molecular formula is C23H25ClN8O2. The van der Waals surface area contributed by atoms with Crippen LogP contribution in [0.3, 0.4) is 0 Å². The van der Waals surface area contributed by atoms with Crippen LogP contribution in [0.4, 0.5) is 23.0 Å². The summed E-state index contributed by atoms with van der Waals surface area (Å²) in [5, 5.41) is 15.3. The van der Waals surface area contributed by atoms with Crippen LogP contribution in [0.2, 0.25) is 5.02 Å². The highest BCUT2D eigenvalue weighted by Crippen LogP contribution is 2.49. The molecule has 1 aliphatic heterocycles. The molecule has 1 amide bonds. The quantitative estimate of drug-likeness (QED) is 0.502. The van der Waals surface area contributed by atoms with E-state index in [9.17, 15) is 9.59 Å². The molecule has 1 aliphatic carbocycles. The van der Waals surface area contributed by atoms with Gasteiger partial charge in [0.25, 0.3) is 0 Å². The molecule has 5 rings (SSSR count). The van der Waals surface area contributed by atoms with E-state index < -0.39 is 19.1 Å². The number of halogens is 1. The lowest BCUT2D eigenvalue weighted by Gasteiger charge is -2.33. The van der Waals surface area contributed by atoms with Crippen LogP contribution < -0.4 is 15.5 Å². The van der Waals surface area contributed by atoms with Crippen molar-refractivity contribution < 1.29 is 13.7 Å². The molecule has 176 valence electrons. The van der Waals surface area contributed by atoms with Crippen molar-refractivity contribution in [2.24, 2.45) is 13.0 Å². The molecule has 0 bridgehead atoms. The van der Waals surface area contributed by atoms with Gasteiger partial charge in [0.05, 0.1) is 33.6 Å². The molecule has 0 unspecified atom stereocenters. The summed E-state index contributed by atoms with van der Waals surface area (Å²) in [7, 11) is 3.61. The second-order valence-corrected chi connectivity index (χ2v) is 8.90. The molecule has 34 heavy (non-hydrogen) atoms. The highest BCUT2D eigenvalue weighted by atomic mass is 35.5. The van der Waals surface area contributed by atoms with E-state index in [2.05, 4.69) is 30.8 Å². The number of Topliss-reactive ketones (excluding diaryl/α,β-unsaturated/α-hetero) is 1. The Bertz CT molecular complexity index is 1420. The Morgan fingerprint density at radius 3 is 2.76 bits per heavy atom. The molecule has 0 radical (unpaired) electrons. The fraction of sp³-hybridized carbons (Fsp3) is 0.391. The van der Waals surface area contributed by atoms with E-state index in [4.69, 9.17) is 15.7 Å². The summed E-state index contributed by atoms with van der Waals surface area (Å²) in [4.78, 5) is 37.4. The normalized spacial score (nSPS) is 18.3. The van der Waals surface area contributed by atoms with Crippen LogP contribution in [0.1, 0.15) is 59.2 Å². The first-order valence-electron chi connectivity index (χ1n) is 12.4. The van der Waals surface area contributed by atoms with Gasteiger partial charge in [0.15, 0.2) is 11.6 Å². The molecule has 2 aliphatic rings. The maximum Gasteiger partial charge on any atom is 0.228 e. The predicted molar refractivity (Wildman–Crippen MR) is 130 cm³/mol. The van der Waals surface area contributed by atoms with Gasteiger partial charge in [0.2, 0.25) is 5.91 Å². The Morgan fingerprint density at radius 1 is 1.24 bits per heavy atom. The number of ketones is 1. The topological polar surface area (TPSA) is 118 Å². The number of aromatic nitrogens is 5. The molecule has 11 heteroatoms. The second-order valence-electron chi connectivity index (χ2n) is 8.49. The van der Waals surface area contributed by atoms with E-state index in [1.165, 1.54) is 23.3 Å². The minimum absolute atomic E-state index is 0.0451. The molecule has 0 saturated heterocycles. The number of rotatable bonds is 6. The van der Waals surface area contributed by atoms with Crippen LogP contribution in [-0.4, -0.2) is 43.7 Å². The third-order valence-corrected chi connectivity index (χ3v) is 6.42. The lowest BCUT2D eigenvalue weighted by Crippen LogP contribution is -2.28.